The van der Waals surface area contributed by atoms with Crippen LogP contribution in [0.5, 0.6) is 0 Å². The number of pyridine rings is 1. The number of hydrogen-bond donors (Lipinski definition) is 1. The van der Waals surface area contributed by atoms with Gasteiger partial charge < -0.3 is 10.1 Å². The van der Waals surface area contributed by atoms with Crippen LogP contribution in [0.15, 0.2) is 42.7 Å². The number of rotatable bonds is 5. The van der Waals surface area contributed by atoms with Gasteiger partial charge in [-0.25, -0.2) is 4.39 Å². The van der Waals surface area contributed by atoms with Crippen molar-refractivity contribution < 1.29 is 13.9 Å². The average Bonchev–Trinajstić information content (AvgIpc) is 2.63. The molecule has 24 heavy (non-hydrogen) atoms. The Morgan fingerprint density at radius 1 is 1.25 bits per heavy atom. The summed E-state index contributed by atoms with van der Waals surface area (Å²) in [5, 5.41) is 2.88. The highest BCUT2D eigenvalue weighted by molar-refractivity contribution is 5.95. The fourth-order valence-corrected chi connectivity index (χ4v) is 2.66. The Bertz CT molecular complexity index is 702. The quantitative estimate of drug-likeness (QED) is 0.911. The predicted octanol–water partition coefficient (Wildman–Crippen LogP) is 1.95. The van der Waals surface area contributed by atoms with Crippen LogP contribution < -0.4 is 5.32 Å². The van der Waals surface area contributed by atoms with Crippen LogP contribution >= 0.6 is 0 Å². The van der Waals surface area contributed by atoms with Crippen LogP contribution in [-0.4, -0.2) is 55.2 Å². The van der Waals surface area contributed by atoms with Gasteiger partial charge in [-0.2, -0.15) is 0 Å². The first-order valence-corrected chi connectivity index (χ1v) is 8.02. The molecule has 0 bridgehead atoms. The Kier molecular flexibility index (Phi) is 5.51. The zero-order chi connectivity index (χ0) is 16.8. The highest BCUT2D eigenvalue weighted by Gasteiger charge is 2.12. The molecule has 5 nitrogen and oxygen atoms in total. The first kappa shape index (κ1) is 16.5. The highest BCUT2D eigenvalue weighted by atomic mass is 19.1. The largest absolute Gasteiger partial charge is 0.379 e. The van der Waals surface area contributed by atoms with E-state index in [0.717, 1.165) is 32.8 Å². The van der Waals surface area contributed by atoms with Crippen LogP contribution in [0.1, 0.15) is 10.4 Å². The fourth-order valence-electron chi connectivity index (χ4n) is 2.66. The topological polar surface area (TPSA) is 54.5 Å². The Morgan fingerprint density at radius 3 is 2.83 bits per heavy atom. The molecular weight excluding hydrogens is 309 g/mol. The van der Waals surface area contributed by atoms with E-state index in [-0.39, 0.29) is 11.7 Å². The lowest BCUT2D eigenvalue weighted by molar-refractivity contribution is 0.0383. The molecule has 1 aliphatic rings. The van der Waals surface area contributed by atoms with Crippen LogP contribution in [0.4, 0.5) is 4.39 Å². The van der Waals surface area contributed by atoms with Crippen molar-refractivity contribution in [3.05, 3.63) is 54.1 Å². The molecule has 1 N–H and O–H groups in total. The van der Waals surface area contributed by atoms with Gasteiger partial charge in [0.15, 0.2) is 0 Å². The molecule has 3 rings (SSSR count). The maximum atomic E-state index is 13.9. The molecule has 6 heteroatoms. The van der Waals surface area contributed by atoms with E-state index in [1.54, 1.807) is 30.5 Å². The molecule has 126 valence electrons. The average molecular weight is 329 g/mol. The van der Waals surface area contributed by atoms with E-state index in [1.165, 1.54) is 12.3 Å². The lowest BCUT2D eigenvalue weighted by Gasteiger charge is -2.26. The number of aromatic nitrogens is 1. The minimum atomic E-state index is -0.329. The molecule has 1 saturated heterocycles. The lowest BCUT2D eigenvalue weighted by Crippen LogP contribution is -2.41. The third-order valence-corrected chi connectivity index (χ3v) is 4.00. The smallest absolute Gasteiger partial charge is 0.252 e. The molecule has 1 aromatic carbocycles. The van der Waals surface area contributed by atoms with Gasteiger partial charge >= 0.3 is 0 Å². The molecule has 0 radical (unpaired) electrons. The second-order valence-electron chi connectivity index (χ2n) is 5.65. The van der Waals surface area contributed by atoms with Gasteiger partial charge in [-0.1, -0.05) is 18.2 Å². The van der Waals surface area contributed by atoms with Crippen LogP contribution in [0.2, 0.25) is 0 Å². The normalized spacial score (nSPS) is 15.2. The molecule has 1 amide bonds. The van der Waals surface area contributed by atoms with Gasteiger partial charge in [-0.05, 0) is 12.1 Å². The van der Waals surface area contributed by atoms with E-state index < -0.39 is 0 Å². The number of ether oxygens (including phenoxy) is 1. The Hall–Kier alpha value is -2.31. The Morgan fingerprint density at radius 2 is 2.04 bits per heavy atom. The molecule has 2 aromatic rings. The summed E-state index contributed by atoms with van der Waals surface area (Å²) in [4.78, 5) is 18.6. The molecule has 1 aliphatic heterocycles. The van der Waals surface area contributed by atoms with Gasteiger partial charge in [-0.15, -0.1) is 0 Å². The minimum Gasteiger partial charge on any atom is -0.379 e. The van der Waals surface area contributed by atoms with Crippen LogP contribution in [0.25, 0.3) is 11.1 Å². The van der Waals surface area contributed by atoms with Crippen molar-refractivity contribution in [1.82, 2.24) is 15.2 Å². The number of carbonyl (C=O) groups is 1. The van der Waals surface area contributed by atoms with Gasteiger partial charge in [0.05, 0.1) is 18.8 Å². The maximum Gasteiger partial charge on any atom is 0.252 e. The molecule has 0 spiro atoms. The molecule has 0 atom stereocenters. The van der Waals surface area contributed by atoms with E-state index >= 15 is 0 Å². The Balaban J connectivity index is 1.61. The third-order valence-electron chi connectivity index (χ3n) is 4.00. The van der Waals surface area contributed by atoms with Crippen molar-refractivity contribution in [2.24, 2.45) is 0 Å². The molecule has 0 aliphatic carbocycles. The first-order chi connectivity index (χ1) is 11.7. The van der Waals surface area contributed by atoms with Gasteiger partial charge in [-0.3, -0.25) is 14.7 Å². The van der Waals surface area contributed by atoms with Crippen LogP contribution in [-0.2, 0) is 4.74 Å². The molecule has 2 heterocycles. The zero-order valence-electron chi connectivity index (χ0n) is 13.4. The third kappa shape index (κ3) is 4.15. The number of halogens is 1. The standard InChI is InChI=1S/C18H20FN3O2/c19-17-4-2-1-3-16(17)14-11-15(13-20-12-14)18(23)21-5-6-22-7-9-24-10-8-22/h1-4,11-13H,5-10H2,(H,21,23). The first-order valence-electron chi connectivity index (χ1n) is 8.02. The van der Waals surface area contributed by atoms with E-state index in [4.69, 9.17) is 4.74 Å². The second-order valence-corrected chi connectivity index (χ2v) is 5.65. The van der Waals surface area contributed by atoms with Crippen molar-refractivity contribution in [2.45, 2.75) is 0 Å². The van der Waals surface area contributed by atoms with E-state index in [1.807, 2.05) is 0 Å². The molecular formula is C18H20FN3O2. The maximum absolute atomic E-state index is 13.9. The minimum absolute atomic E-state index is 0.200. The molecule has 0 saturated carbocycles. The van der Waals surface area contributed by atoms with Gasteiger partial charge in [0.1, 0.15) is 5.82 Å². The number of morpholine rings is 1. The van der Waals surface area contributed by atoms with Crippen molar-refractivity contribution in [2.75, 3.05) is 39.4 Å². The number of hydrogen-bond acceptors (Lipinski definition) is 4. The summed E-state index contributed by atoms with van der Waals surface area (Å²) < 4.78 is 19.2. The van der Waals surface area contributed by atoms with Crippen molar-refractivity contribution in [3.8, 4) is 11.1 Å². The lowest BCUT2D eigenvalue weighted by atomic mass is 10.1. The Labute approximate surface area is 140 Å². The van der Waals surface area contributed by atoms with E-state index in [9.17, 15) is 9.18 Å². The molecule has 0 unspecified atom stereocenters. The molecule has 1 aromatic heterocycles. The zero-order valence-corrected chi connectivity index (χ0v) is 13.4. The van der Waals surface area contributed by atoms with Gasteiger partial charge in [0, 0.05) is 49.7 Å². The molecule has 1 fully saturated rings. The highest BCUT2D eigenvalue weighted by Crippen LogP contribution is 2.22. The summed E-state index contributed by atoms with van der Waals surface area (Å²) in [5.74, 6) is -0.530. The van der Waals surface area contributed by atoms with Crippen LogP contribution in [0, 0.1) is 5.82 Å². The number of nitrogens with one attached hydrogen (secondary N) is 1. The number of amides is 1. The summed E-state index contributed by atoms with van der Waals surface area (Å²) in [6, 6.07) is 8.12. The van der Waals surface area contributed by atoms with Crippen molar-refractivity contribution in [3.63, 3.8) is 0 Å². The van der Waals surface area contributed by atoms with Crippen LogP contribution in [0.3, 0.4) is 0 Å². The number of nitrogens with zero attached hydrogens (tertiary/aromatic N) is 2. The number of benzene rings is 1. The SMILES string of the molecule is O=C(NCCN1CCOCC1)c1cncc(-c2ccccc2F)c1. The summed E-state index contributed by atoms with van der Waals surface area (Å²) in [7, 11) is 0. The summed E-state index contributed by atoms with van der Waals surface area (Å²) >= 11 is 0. The number of carbonyl (C=O) groups excluding carboxylic acids is 1. The van der Waals surface area contributed by atoms with E-state index in [2.05, 4.69) is 15.2 Å². The van der Waals surface area contributed by atoms with Gasteiger partial charge in [0.2, 0.25) is 0 Å². The summed E-state index contributed by atoms with van der Waals surface area (Å²) in [6.45, 7) is 4.60. The van der Waals surface area contributed by atoms with Crippen molar-refractivity contribution in [1.29, 1.82) is 0 Å². The van der Waals surface area contributed by atoms with Crippen molar-refractivity contribution >= 4 is 5.91 Å². The second kappa shape index (κ2) is 7.99. The predicted molar refractivity (Wildman–Crippen MR) is 89.2 cm³/mol. The summed E-state index contributed by atoms with van der Waals surface area (Å²) in [6.07, 6.45) is 3.05. The van der Waals surface area contributed by atoms with E-state index in [0.29, 0.717) is 23.2 Å². The monoisotopic (exact) mass is 329 g/mol. The summed E-state index contributed by atoms with van der Waals surface area (Å²) in [5.41, 5.74) is 1.46. The van der Waals surface area contributed by atoms with Gasteiger partial charge in [0.25, 0.3) is 5.91 Å². The fraction of sp³-hybridized carbons (Fsp3) is 0.333.